The van der Waals surface area contributed by atoms with E-state index in [1.165, 1.54) is 0 Å². The van der Waals surface area contributed by atoms with Crippen LogP contribution in [0.1, 0.15) is 26.7 Å². The average molecular weight is 230 g/mol. The van der Waals surface area contributed by atoms with E-state index in [1.54, 1.807) is 6.92 Å². The highest BCUT2D eigenvalue weighted by atomic mass is 16.8. The second-order valence-corrected chi connectivity index (χ2v) is 4.10. The van der Waals surface area contributed by atoms with Crippen LogP contribution in [0.25, 0.3) is 0 Å². The van der Waals surface area contributed by atoms with Gasteiger partial charge < -0.3 is 19.7 Å². The maximum atomic E-state index is 9.39. The number of hydrogen-bond donors (Lipinski definition) is 2. The Balaban J connectivity index is 3.57. The van der Waals surface area contributed by atoms with E-state index in [0.29, 0.717) is 19.6 Å². The second-order valence-electron chi connectivity index (χ2n) is 4.10. The second kappa shape index (κ2) is 7.57. The minimum atomic E-state index is -2.09. The Morgan fingerprint density at radius 3 is 2.19 bits per heavy atom. The van der Waals surface area contributed by atoms with Crippen molar-refractivity contribution in [3.8, 4) is 0 Å². The largest absolute Gasteiger partial charge is 0.377 e. The number of ether oxygens (including phenoxy) is 2. The highest BCUT2D eigenvalue weighted by Gasteiger charge is 2.23. The van der Waals surface area contributed by atoms with Gasteiger partial charge in [0, 0.05) is 13.0 Å². The third-order valence-corrected chi connectivity index (χ3v) is 1.69. The summed E-state index contributed by atoms with van der Waals surface area (Å²) >= 11 is 0. The van der Waals surface area contributed by atoms with E-state index in [4.69, 9.17) is 9.47 Å². The van der Waals surface area contributed by atoms with Crippen molar-refractivity contribution in [3.63, 3.8) is 0 Å². The van der Waals surface area contributed by atoms with E-state index >= 15 is 0 Å². The molecule has 94 valence electrons. The molecule has 0 aromatic rings. The number of aliphatic hydroxyl groups is 2. The Morgan fingerprint density at radius 2 is 1.69 bits per heavy atom. The van der Waals surface area contributed by atoms with E-state index in [1.807, 2.05) is 6.92 Å². The molecule has 0 heterocycles. The molecular formula is C12H22O4. The number of rotatable bonds is 9. The minimum Gasteiger partial charge on any atom is -0.377 e. The average Bonchev–Trinajstić information content (AvgIpc) is 2.14. The van der Waals surface area contributed by atoms with Crippen LogP contribution in [-0.4, -0.2) is 36.0 Å². The molecule has 0 aliphatic carbocycles. The molecule has 0 aliphatic rings. The zero-order valence-corrected chi connectivity index (χ0v) is 10.2. The van der Waals surface area contributed by atoms with Crippen molar-refractivity contribution in [2.45, 2.75) is 32.7 Å². The van der Waals surface area contributed by atoms with Crippen molar-refractivity contribution >= 4 is 0 Å². The monoisotopic (exact) mass is 230 g/mol. The first kappa shape index (κ1) is 15.3. The third kappa shape index (κ3) is 9.86. The van der Waals surface area contributed by atoms with Crippen LogP contribution < -0.4 is 0 Å². The summed E-state index contributed by atoms with van der Waals surface area (Å²) in [6, 6.07) is 0. The van der Waals surface area contributed by atoms with Crippen molar-refractivity contribution in [1.29, 1.82) is 0 Å². The van der Waals surface area contributed by atoms with Crippen LogP contribution in [0.15, 0.2) is 24.3 Å². The predicted octanol–water partition coefficient (Wildman–Crippen LogP) is 1.59. The molecule has 0 saturated heterocycles. The molecule has 16 heavy (non-hydrogen) atoms. The summed E-state index contributed by atoms with van der Waals surface area (Å²) in [5, 5.41) is 18.8. The molecule has 0 rings (SSSR count). The Bertz CT molecular complexity index is 233. The first-order chi connectivity index (χ1) is 7.33. The van der Waals surface area contributed by atoms with Crippen molar-refractivity contribution in [3.05, 3.63) is 24.3 Å². The van der Waals surface area contributed by atoms with Gasteiger partial charge in [0.2, 0.25) is 0 Å². The first-order valence-electron chi connectivity index (χ1n) is 5.29. The normalized spacial score (nSPS) is 11.5. The topological polar surface area (TPSA) is 58.9 Å². The van der Waals surface area contributed by atoms with E-state index in [9.17, 15) is 10.2 Å². The van der Waals surface area contributed by atoms with E-state index < -0.39 is 5.97 Å². The fraction of sp³-hybridized carbons (Fsp3) is 0.667. The highest BCUT2D eigenvalue weighted by Crippen LogP contribution is 2.12. The van der Waals surface area contributed by atoms with Gasteiger partial charge in [-0.05, 0) is 20.3 Å². The number of hydrogen-bond acceptors (Lipinski definition) is 4. The van der Waals surface area contributed by atoms with Gasteiger partial charge in [0.1, 0.15) is 0 Å². The van der Waals surface area contributed by atoms with Crippen LogP contribution in [0.4, 0.5) is 0 Å². The van der Waals surface area contributed by atoms with Gasteiger partial charge in [-0.25, -0.2) is 0 Å². The minimum absolute atomic E-state index is 0.108. The molecule has 0 aliphatic heterocycles. The van der Waals surface area contributed by atoms with Crippen molar-refractivity contribution in [2.24, 2.45) is 0 Å². The molecule has 0 fully saturated rings. The molecule has 0 amide bonds. The summed E-state index contributed by atoms with van der Waals surface area (Å²) in [4.78, 5) is 0. The summed E-state index contributed by atoms with van der Waals surface area (Å²) in [7, 11) is 0. The smallest absolute Gasteiger partial charge is 0.278 e. The van der Waals surface area contributed by atoms with Gasteiger partial charge in [0.25, 0.3) is 5.97 Å². The lowest BCUT2D eigenvalue weighted by molar-refractivity contribution is -0.338. The predicted molar refractivity (Wildman–Crippen MR) is 62.8 cm³/mol. The van der Waals surface area contributed by atoms with E-state index in [-0.39, 0.29) is 13.0 Å². The van der Waals surface area contributed by atoms with Crippen molar-refractivity contribution in [1.82, 2.24) is 0 Å². The molecule has 0 radical (unpaired) electrons. The zero-order chi connectivity index (χ0) is 12.6. The third-order valence-electron chi connectivity index (χ3n) is 1.69. The summed E-state index contributed by atoms with van der Waals surface area (Å²) in [6.07, 6.45) is 0.618. The van der Waals surface area contributed by atoms with Gasteiger partial charge >= 0.3 is 0 Å². The van der Waals surface area contributed by atoms with E-state index in [2.05, 4.69) is 13.2 Å². The van der Waals surface area contributed by atoms with Crippen molar-refractivity contribution < 1.29 is 19.7 Å². The fourth-order valence-corrected chi connectivity index (χ4v) is 0.962. The molecule has 0 unspecified atom stereocenters. The molecule has 0 spiro atoms. The van der Waals surface area contributed by atoms with Gasteiger partial charge in [0.05, 0.1) is 13.2 Å². The molecule has 2 N–H and O–H groups in total. The lowest BCUT2D eigenvalue weighted by Gasteiger charge is -2.21. The van der Waals surface area contributed by atoms with Crippen LogP contribution in [0.3, 0.4) is 0 Å². The quantitative estimate of drug-likeness (QED) is 0.359. The fourth-order valence-electron chi connectivity index (χ4n) is 0.962. The Morgan fingerprint density at radius 1 is 1.12 bits per heavy atom. The van der Waals surface area contributed by atoms with Crippen LogP contribution in [0.5, 0.6) is 0 Å². The molecular weight excluding hydrogens is 208 g/mol. The van der Waals surface area contributed by atoms with Gasteiger partial charge in [-0.3, -0.25) is 0 Å². The van der Waals surface area contributed by atoms with Gasteiger partial charge in [-0.15, -0.1) is 0 Å². The van der Waals surface area contributed by atoms with E-state index in [0.717, 1.165) is 11.1 Å². The van der Waals surface area contributed by atoms with Crippen LogP contribution in [-0.2, 0) is 9.47 Å². The maximum absolute atomic E-state index is 9.39. The molecule has 0 atom stereocenters. The van der Waals surface area contributed by atoms with Gasteiger partial charge in [0.15, 0.2) is 0 Å². The molecule has 4 nitrogen and oxygen atoms in total. The van der Waals surface area contributed by atoms with Crippen molar-refractivity contribution in [2.75, 3.05) is 19.8 Å². The lowest BCUT2D eigenvalue weighted by Crippen LogP contribution is -2.32. The Kier molecular flexibility index (Phi) is 7.25. The van der Waals surface area contributed by atoms with Crippen LogP contribution in [0, 0.1) is 0 Å². The zero-order valence-electron chi connectivity index (χ0n) is 10.2. The Hall–Kier alpha value is -0.680. The first-order valence-corrected chi connectivity index (χ1v) is 5.29. The molecule has 4 heteroatoms. The van der Waals surface area contributed by atoms with Crippen LogP contribution in [0.2, 0.25) is 0 Å². The standard InChI is InChI=1S/C12H22O4/c1-10(2)8-15-7-5-6-12(13,14)16-9-11(3)4/h13-14H,1,3,5-9H2,2,4H3. The molecule has 0 bridgehead atoms. The summed E-state index contributed by atoms with van der Waals surface area (Å²) in [5.41, 5.74) is 1.68. The van der Waals surface area contributed by atoms with Gasteiger partial charge in [-0.1, -0.05) is 24.3 Å². The molecule has 0 aromatic heterocycles. The lowest BCUT2D eigenvalue weighted by atomic mass is 10.3. The summed E-state index contributed by atoms with van der Waals surface area (Å²) in [6.45, 7) is 12.0. The summed E-state index contributed by atoms with van der Waals surface area (Å²) in [5.74, 6) is -2.09. The van der Waals surface area contributed by atoms with Crippen LogP contribution >= 0.6 is 0 Å². The molecule has 0 saturated carbocycles. The summed E-state index contributed by atoms with van der Waals surface area (Å²) < 4.78 is 10.1. The highest BCUT2D eigenvalue weighted by molar-refractivity contribution is 4.88. The SMILES string of the molecule is C=C(C)COCCCC(O)(O)OCC(=C)C. The molecule has 0 aromatic carbocycles. The Labute approximate surface area is 97.2 Å². The van der Waals surface area contributed by atoms with Gasteiger partial charge in [-0.2, -0.15) is 0 Å². The maximum Gasteiger partial charge on any atom is 0.278 e.